The van der Waals surface area contributed by atoms with E-state index in [0.717, 1.165) is 0 Å². The van der Waals surface area contributed by atoms with Gasteiger partial charge in [-0.3, -0.25) is 0 Å². The molecule has 54 valence electrons. The fourth-order valence-corrected chi connectivity index (χ4v) is 1.72. The van der Waals surface area contributed by atoms with E-state index in [-0.39, 0.29) is 17.7 Å². The van der Waals surface area contributed by atoms with Crippen molar-refractivity contribution in [2.45, 2.75) is 23.8 Å². The fourth-order valence-electron chi connectivity index (χ4n) is 0.816. The van der Waals surface area contributed by atoms with Crippen LogP contribution in [0, 0.1) is 5.92 Å². The number of alkyl halides is 4. The van der Waals surface area contributed by atoms with Gasteiger partial charge in [0, 0.05) is 4.83 Å². The Hall–Kier alpha value is 0.270. The molecule has 1 rings (SSSR count). The second-order valence-electron chi connectivity index (χ2n) is 2.31. The van der Waals surface area contributed by atoms with E-state index in [4.69, 9.17) is 0 Å². The van der Waals surface area contributed by atoms with Crippen LogP contribution in [0.5, 0.6) is 0 Å². The zero-order valence-corrected chi connectivity index (χ0v) is 6.17. The SMILES string of the molecule is FC(F)(F)C1CC(Br)C1. The van der Waals surface area contributed by atoms with E-state index in [2.05, 4.69) is 15.9 Å². The minimum Gasteiger partial charge on any atom is -0.171 e. The van der Waals surface area contributed by atoms with E-state index >= 15 is 0 Å². The first-order valence-corrected chi connectivity index (χ1v) is 3.62. The summed E-state index contributed by atoms with van der Waals surface area (Å²) in [6.45, 7) is 0. The summed E-state index contributed by atoms with van der Waals surface area (Å²) in [5.41, 5.74) is 0. The zero-order valence-electron chi connectivity index (χ0n) is 4.58. The van der Waals surface area contributed by atoms with Gasteiger partial charge in [0.05, 0.1) is 5.92 Å². The van der Waals surface area contributed by atoms with Gasteiger partial charge in [-0.15, -0.1) is 0 Å². The summed E-state index contributed by atoms with van der Waals surface area (Å²) in [6, 6.07) is 0. The average Bonchev–Trinajstić information content (AvgIpc) is 1.55. The van der Waals surface area contributed by atoms with Gasteiger partial charge in [-0.2, -0.15) is 13.2 Å². The summed E-state index contributed by atoms with van der Waals surface area (Å²) in [5.74, 6) is -1.04. The van der Waals surface area contributed by atoms with Crippen molar-refractivity contribution in [1.82, 2.24) is 0 Å². The fraction of sp³-hybridized carbons (Fsp3) is 1.00. The molecule has 0 aliphatic heterocycles. The maximum Gasteiger partial charge on any atom is 0.391 e. The van der Waals surface area contributed by atoms with E-state index in [1.807, 2.05) is 0 Å². The summed E-state index contributed by atoms with van der Waals surface area (Å²) < 4.78 is 35.0. The molecule has 0 heterocycles. The summed E-state index contributed by atoms with van der Waals surface area (Å²) in [4.78, 5) is 0.101. The lowest BCUT2D eigenvalue weighted by Gasteiger charge is -2.32. The van der Waals surface area contributed by atoms with Gasteiger partial charge in [0.15, 0.2) is 0 Å². The minimum atomic E-state index is -3.95. The lowest BCUT2D eigenvalue weighted by molar-refractivity contribution is -0.191. The van der Waals surface area contributed by atoms with Gasteiger partial charge in [-0.1, -0.05) is 15.9 Å². The Morgan fingerprint density at radius 1 is 1.22 bits per heavy atom. The molecule has 0 aromatic rings. The van der Waals surface area contributed by atoms with Crippen LogP contribution < -0.4 is 0 Å². The smallest absolute Gasteiger partial charge is 0.171 e. The number of halogens is 4. The van der Waals surface area contributed by atoms with E-state index < -0.39 is 12.1 Å². The van der Waals surface area contributed by atoms with E-state index in [0.29, 0.717) is 0 Å². The first kappa shape index (κ1) is 7.38. The molecule has 0 atom stereocenters. The third-order valence-electron chi connectivity index (χ3n) is 1.54. The van der Waals surface area contributed by atoms with Crippen LogP contribution in [0.25, 0.3) is 0 Å². The van der Waals surface area contributed by atoms with Gasteiger partial charge in [0.1, 0.15) is 0 Å². The first-order valence-electron chi connectivity index (χ1n) is 2.71. The van der Waals surface area contributed by atoms with Gasteiger partial charge >= 0.3 is 6.18 Å². The van der Waals surface area contributed by atoms with Crippen molar-refractivity contribution < 1.29 is 13.2 Å². The summed E-state index contributed by atoms with van der Waals surface area (Å²) in [5, 5.41) is 0. The third kappa shape index (κ3) is 1.60. The van der Waals surface area contributed by atoms with Gasteiger partial charge in [0.25, 0.3) is 0 Å². The molecule has 0 aromatic heterocycles. The highest BCUT2D eigenvalue weighted by molar-refractivity contribution is 9.09. The normalized spacial score (nSPS) is 36.0. The second kappa shape index (κ2) is 2.15. The molecule has 4 heteroatoms. The Morgan fingerprint density at radius 3 is 1.78 bits per heavy atom. The topological polar surface area (TPSA) is 0 Å². The number of hydrogen-bond acceptors (Lipinski definition) is 0. The predicted octanol–water partition coefficient (Wildman–Crippen LogP) is 2.72. The first-order chi connectivity index (χ1) is 4.00. The zero-order chi connectivity index (χ0) is 7.07. The molecule has 0 bridgehead atoms. The van der Waals surface area contributed by atoms with Crippen LogP contribution in [0.15, 0.2) is 0 Å². The molecule has 0 radical (unpaired) electrons. The summed E-state index contributed by atoms with van der Waals surface area (Å²) in [7, 11) is 0. The van der Waals surface area contributed by atoms with Crippen molar-refractivity contribution in [3.05, 3.63) is 0 Å². The quantitative estimate of drug-likeness (QED) is 0.531. The van der Waals surface area contributed by atoms with Crippen LogP contribution in [0.1, 0.15) is 12.8 Å². The van der Waals surface area contributed by atoms with Crippen LogP contribution >= 0.6 is 15.9 Å². The van der Waals surface area contributed by atoms with Crippen LogP contribution in [0.3, 0.4) is 0 Å². The van der Waals surface area contributed by atoms with Crippen LogP contribution in [-0.4, -0.2) is 11.0 Å². The Balaban J connectivity index is 2.32. The maximum atomic E-state index is 11.7. The Morgan fingerprint density at radius 2 is 1.67 bits per heavy atom. The second-order valence-corrected chi connectivity index (χ2v) is 3.60. The van der Waals surface area contributed by atoms with Crippen molar-refractivity contribution in [2.24, 2.45) is 5.92 Å². The predicted molar refractivity (Wildman–Crippen MR) is 31.5 cm³/mol. The molecule has 0 aromatic carbocycles. The lowest BCUT2D eigenvalue weighted by Crippen LogP contribution is -2.35. The molecule has 0 N–H and O–H groups in total. The largest absolute Gasteiger partial charge is 0.391 e. The molecule has 1 aliphatic rings. The Bertz CT molecular complexity index is 103. The molecule has 0 nitrogen and oxygen atoms in total. The lowest BCUT2D eigenvalue weighted by atomic mass is 9.85. The minimum absolute atomic E-state index is 0.101. The number of rotatable bonds is 0. The van der Waals surface area contributed by atoms with Crippen molar-refractivity contribution in [1.29, 1.82) is 0 Å². The van der Waals surface area contributed by atoms with Crippen LogP contribution in [0.4, 0.5) is 13.2 Å². The third-order valence-corrected chi connectivity index (χ3v) is 2.29. The van der Waals surface area contributed by atoms with Crippen molar-refractivity contribution in [2.75, 3.05) is 0 Å². The molecule has 0 saturated heterocycles. The molecular weight excluding hydrogens is 197 g/mol. The van der Waals surface area contributed by atoms with Gasteiger partial charge in [0.2, 0.25) is 0 Å². The van der Waals surface area contributed by atoms with E-state index in [1.165, 1.54) is 0 Å². The monoisotopic (exact) mass is 202 g/mol. The van der Waals surface area contributed by atoms with E-state index in [1.54, 1.807) is 0 Å². The standard InChI is InChI=1S/C5H6BrF3/c6-4-1-3(2-4)5(7,8)9/h3-4H,1-2H2. The van der Waals surface area contributed by atoms with Crippen LogP contribution in [-0.2, 0) is 0 Å². The summed E-state index contributed by atoms with van der Waals surface area (Å²) in [6.07, 6.45) is -3.45. The Labute approximate surface area is 59.6 Å². The molecule has 1 fully saturated rings. The highest BCUT2D eigenvalue weighted by Gasteiger charge is 2.46. The molecule has 0 spiro atoms. The molecule has 0 amide bonds. The molecule has 9 heavy (non-hydrogen) atoms. The Kier molecular flexibility index (Phi) is 1.76. The van der Waals surface area contributed by atoms with Gasteiger partial charge < -0.3 is 0 Å². The molecule has 1 aliphatic carbocycles. The van der Waals surface area contributed by atoms with Crippen molar-refractivity contribution >= 4 is 15.9 Å². The highest BCUT2D eigenvalue weighted by atomic mass is 79.9. The van der Waals surface area contributed by atoms with E-state index in [9.17, 15) is 13.2 Å². The molecule has 1 saturated carbocycles. The van der Waals surface area contributed by atoms with Gasteiger partial charge in [-0.05, 0) is 12.8 Å². The summed E-state index contributed by atoms with van der Waals surface area (Å²) >= 11 is 3.09. The number of hydrogen-bond donors (Lipinski definition) is 0. The van der Waals surface area contributed by atoms with Crippen LogP contribution in [0.2, 0.25) is 0 Å². The maximum absolute atomic E-state index is 11.7. The average molecular weight is 203 g/mol. The van der Waals surface area contributed by atoms with Gasteiger partial charge in [-0.25, -0.2) is 0 Å². The molecular formula is C5H6BrF3. The van der Waals surface area contributed by atoms with Crippen molar-refractivity contribution in [3.63, 3.8) is 0 Å². The highest BCUT2D eigenvalue weighted by Crippen LogP contribution is 2.43. The molecule has 0 unspecified atom stereocenters. The van der Waals surface area contributed by atoms with Crippen molar-refractivity contribution in [3.8, 4) is 0 Å².